The van der Waals surface area contributed by atoms with Crippen LogP contribution in [0.25, 0.3) is 0 Å². The van der Waals surface area contributed by atoms with Gasteiger partial charge in [-0.25, -0.2) is 0 Å². The minimum atomic E-state index is -2.93. The molecule has 0 rings (SSSR count). The Kier molecular flexibility index (Phi) is 11.6. The van der Waals surface area contributed by atoms with Gasteiger partial charge in [0.2, 0.25) is 0 Å². The van der Waals surface area contributed by atoms with Crippen LogP contribution in [0, 0.1) is 0 Å². The van der Waals surface area contributed by atoms with Crippen LogP contribution in [0.4, 0.5) is 0 Å². The monoisotopic (exact) mass is 766 g/mol. The van der Waals surface area contributed by atoms with Gasteiger partial charge in [-0.3, -0.25) is 0 Å². The Labute approximate surface area is 174 Å². The molecule has 0 aromatic heterocycles. The Morgan fingerprint density at radius 2 is 0.842 bits per heavy atom. The first-order valence-corrected chi connectivity index (χ1v) is 13.4. The van der Waals surface area contributed by atoms with Crippen LogP contribution in [0.15, 0.2) is 0 Å². The summed E-state index contributed by atoms with van der Waals surface area (Å²) < 4.78 is 15.9. The zero-order valence-corrected chi connectivity index (χ0v) is 22.6. The van der Waals surface area contributed by atoms with E-state index in [-0.39, 0.29) is 0 Å². The van der Waals surface area contributed by atoms with Crippen molar-refractivity contribution < 1.29 is 9.05 Å². The first kappa shape index (κ1) is 22.6. The summed E-state index contributed by atoms with van der Waals surface area (Å²) in [5, 5.41) is 0. The summed E-state index contributed by atoms with van der Waals surface area (Å²) in [5.41, 5.74) is 0. The van der Waals surface area contributed by atoms with Gasteiger partial charge in [0.1, 0.15) is 0 Å². The molecule has 3 nitrogen and oxygen atoms in total. The maximum atomic E-state index is 5.91. The van der Waals surface area contributed by atoms with Crippen LogP contribution in [0.1, 0.15) is 40.0 Å². The molecule has 19 heavy (non-hydrogen) atoms. The molecule has 0 N–H and O–H groups in total. The van der Waals surface area contributed by atoms with E-state index in [4.69, 9.17) is 9.05 Å². The molecule has 116 valence electrons. The Balaban J connectivity index is 4.84. The molecule has 0 spiro atoms. The number of halogens is 6. The van der Waals surface area contributed by atoms with Crippen LogP contribution in [0.5, 0.6) is 0 Å². The van der Waals surface area contributed by atoms with E-state index in [9.17, 15) is 0 Å². The van der Waals surface area contributed by atoms with Crippen molar-refractivity contribution in [1.29, 1.82) is 0 Å². The summed E-state index contributed by atoms with van der Waals surface area (Å²) >= 11 is 17.8. The van der Waals surface area contributed by atoms with Crippen LogP contribution in [0.2, 0.25) is 0 Å². The number of hydrogen-bond acceptors (Lipinski definition) is 3. The zero-order chi connectivity index (χ0) is 15.3. The molecule has 0 amide bonds. The van der Waals surface area contributed by atoms with E-state index in [2.05, 4.69) is 95.6 Å². The van der Waals surface area contributed by atoms with Crippen molar-refractivity contribution in [1.82, 2.24) is 0 Å². The van der Waals surface area contributed by atoms with E-state index in [1.165, 1.54) is 0 Å². The van der Waals surface area contributed by atoms with E-state index >= 15 is 0 Å². The van der Waals surface area contributed by atoms with E-state index in [1.54, 1.807) is 0 Å². The average molecular weight is 772 g/mol. The van der Waals surface area contributed by atoms with Crippen molar-refractivity contribution in [3.8, 4) is 0 Å². The molecular formula is C9H15Br6O3Sb. The molecule has 10 heteroatoms. The molecule has 0 aromatic rings. The average Bonchev–Trinajstić information content (AvgIpc) is 2.27. The van der Waals surface area contributed by atoms with Crippen molar-refractivity contribution in [2.24, 2.45) is 0 Å². The SMILES string of the molecule is CCC(Br)(Br)[O][Sb]([O]C(Br)(Br)CC)[O]C(Br)(Br)CC. The predicted octanol–water partition coefficient (Wildman–Crippen LogP) is 6.58. The summed E-state index contributed by atoms with van der Waals surface area (Å²) in [6.45, 7) is 5.98. The second kappa shape index (κ2) is 9.77. The first-order chi connectivity index (χ1) is 8.47. The van der Waals surface area contributed by atoms with Crippen molar-refractivity contribution >= 4 is 117 Å². The van der Waals surface area contributed by atoms with Crippen LogP contribution in [-0.2, 0) is 9.05 Å². The molecule has 0 unspecified atom stereocenters. The molecule has 0 atom stereocenters. The van der Waals surface area contributed by atoms with Gasteiger partial charge in [-0.05, 0) is 0 Å². The number of hydrogen-bond donors (Lipinski definition) is 0. The molecule has 0 radical (unpaired) electrons. The van der Waals surface area contributed by atoms with Crippen LogP contribution >= 0.6 is 95.6 Å². The van der Waals surface area contributed by atoms with Gasteiger partial charge < -0.3 is 0 Å². The molecule has 0 aliphatic rings. The van der Waals surface area contributed by atoms with Gasteiger partial charge >= 0.3 is 176 Å². The van der Waals surface area contributed by atoms with E-state index in [0.717, 1.165) is 19.3 Å². The van der Waals surface area contributed by atoms with E-state index < -0.39 is 31.7 Å². The predicted molar refractivity (Wildman–Crippen MR) is 102 cm³/mol. The summed E-state index contributed by atoms with van der Waals surface area (Å²) in [6, 6.07) is 0. The Morgan fingerprint density at radius 3 is 1.00 bits per heavy atom. The molecule has 0 aliphatic heterocycles. The normalized spacial score (nSPS) is 14.2. The first-order valence-electron chi connectivity index (χ1n) is 5.48. The fourth-order valence-electron chi connectivity index (χ4n) is 0.577. The Hall–Kier alpha value is 3.58. The molecule has 0 saturated carbocycles. The van der Waals surface area contributed by atoms with Crippen LogP contribution in [0.3, 0.4) is 0 Å². The third-order valence-corrected chi connectivity index (χ3v) is 14.6. The minimum absolute atomic E-state index is 0.629. The third-order valence-electron chi connectivity index (χ3n) is 1.86. The van der Waals surface area contributed by atoms with Gasteiger partial charge in [-0.15, -0.1) is 0 Å². The van der Waals surface area contributed by atoms with Crippen molar-refractivity contribution in [2.45, 2.75) is 50.3 Å². The Morgan fingerprint density at radius 1 is 0.632 bits per heavy atom. The molecule has 0 fully saturated rings. The van der Waals surface area contributed by atoms with Crippen LogP contribution < -0.4 is 0 Å². The maximum absolute atomic E-state index is 5.91. The zero-order valence-electron chi connectivity index (χ0n) is 10.6. The molecule has 0 bridgehead atoms. The van der Waals surface area contributed by atoms with Gasteiger partial charge in [0, 0.05) is 0 Å². The fourth-order valence-corrected chi connectivity index (χ4v) is 8.63. The summed E-state index contributed by atoms with van der Waals surface area (Å²) in [4.78, 5) is 0. The standard InChI is InChI=1S/3C3H5Br2O.Sb/c3*1-2-3(4,5)6;/h3*2H2,1H3;/q3*-1;+3. The number of alkyl halides is 6. The summed E-state index contributed by atoms with van der Waals surface area (Å²) in [7, 11) is 0. The van der Waals surface area contributed by atoms with Crippen LogP contribution in [-0.4, -0.2) is 31.7 Å². The second-order valence-corrected chi connectivity index (χ2v) is 17.2. The molecule has 0 aromatic carbocycles. The van der Waals surface area contributed by atoms with Gasteiger partial charge in [-0.1, -0.05) is 0 Å². The van der Waals surface area contributed by atoms with Gasteiger partial charge in [0.05, 0.1) is 0 Å². The van der Waals surface area contributed by atoms with Gasteiger partial charge in [-0.2, -0.15) is 0 Å². The third kappa shape index (κ3) is 10.9. The van der Waals surface area contributed by atoms with Crippen molar-refractivity contribution in [3.63, 3.8) is 0 Å². The molecule has 0 aliphatic carbocycles. The molecule has 0 heterocycles. The van der Waals surface area contributed by atoms with Crippen molar-refractivity contribution in [3.05, 3.63) is 0 Å². The second-order valence-electron chi connectivity index (χ2n) is 3.47. The van der Waals surface area contributed by atoms with Gasteiger partial charge in [0.25, 0.3) is 0 Å². The quantitative estimate of drug-likeness (QED) is 0.196. The van der Waals surface area contributed by atoms with Gasteiger partial charge in [0.15, 0.2) is 0 Å². The van der Waals surface area contributed by atoms with E-state index in [1.807, 2.05) is 20.8 Å². The molecule has 0 saturated heterocycles. The summed E-state index contributed by atoms with van der Waals surface area (Å²) in [6.07, 6.45) is 2.19. The van der Waals surface area contributed by atoms with E-state index in [0.29, 0.717) is 0 Å². The number of rotatable bonds is 9. The van der Waals surface area contributed by atoms with Crippen molar-refractivity contribution in [2.75, 3.05) is 0 Å². The Bertz CT molecular complexity index is 234. The summed E-state index contributed by atoms with van der Waals surface area (Å²) in [5.74, 6) is 0. The fraction of sp³-hybridized carbons (Fsp3) is 1.00. The molecular weight excluding hydrogens is 757 g/mol. The topological polar surface area (TPSA) is 27.7 Å².